The van der Waals surface area contributed by atoms with Gasteiger partial charge in [0.25, 0.3) is 0 Å². The molecular formula is C36H43ClN6O6S. The fourth-order valence-electron chi connectivity index (χ4n) is 5.79. The standard InChI is InChI=1S/C36H43ClN6O6S/c1-23(2)19-41(50(48,49)28-14-15-29(37)30(39)17-28)21-32(44)31(16-25-10-6-5-7-11-25)40-35(46)34(24(3)4)43-22-33(45)42(36(43)47)20-27-13-9-8-12-26(27)18-38/h5-15,17,22-24,31-32,34,44-45H,16,19-21,39H2,1-4H3,(H,40,46)/t31-,32+,34-/m0/s1. The molecule has 4 rings (SSSR count). The van der Waals surface area contributed by atoms with E-state index in [9.17, 15) is 33.5 Å². The van der Waals surface area contributed by atoms with E-state index in [-0.39, 0.29) is 53.5 Å². The summed E-state index contributed by atoms with van der Waals surface area (Å²) >= 11 is 6.04. The van der Waals surface area contributed by atoms with Crippen molar-refractivity contribution in [2.75, 3.05) is 18.8 Å². The molecule has 0 spiro atoms. The average molecular weight is 723 g/mol. The molecule has 0 radical (unpaired) electrons. The first-order valence-corrected chi connectivity index (χ1v) is 18.0. The number of halogens is 1. The fraction of sp³-hybridized carbons (Fsp3) is 0.361. The second-order valence-corrected chi connectivity index (χ2v) is 15.3. The molecule has 266 valence electrons. The van der Waals surface area contributed by atoms with Crippen LogP contribution in [-0.2, 0) is 27.8 Å². The highest BCUT2D eigenvalue weighted by molar-refractivity contribution is 7.89. The van der Waals surface area contributed by atoms with Crippen molar-refractivity contribution < 1.29 is 23.4 Å². The molecule has 0 saturated carbocycles. The molecule has 3 aromatic carbocycles. The Balaban J connectivity index is 1.67. The monoisotopic (exact) mass is 722 g/mol. The molecule has 0 fully saturated rings. The number of benzene rings is 3. The van der Waals surface area contributed by atoms with E-state index in [0.717, 1.165) is 19.0 Å². The van der Waals surface area contributed by atoms with Crippen molar-refractivity contribution in [3.63, 3.8) is 0 Å². The van der Waals surface area contributed by atoms with E-state index in [0.29, 0.717) is 11.1 Å². The Morgan fingerprint density at radius 3 is 2.32 bits per heavy atom. The van der Waals surface area contributed by atoms with Gasteiger partial charge in [-0.3, -0.25) is 13.9 Å². The topological polar surface area (TPSA) is 184 Å². The Morgan fingerprint density at radius 1 is 1.04 bits per heavy atom. The van der Waals surface area contributed by atoms with Crippen molar-refractivity contribution in [2.45, 2.75) is 63.7 Å². The van der Waals surface area contributed by atoms with Crippen molar-refractivity contribution in [1.29, 1.82) is 5.26 Å². The summed E-state index contributed by atoms with van der Waals surface area (Å²) in [5.74, 6) is -1.56. The van der Waals surface area contributed by atoms with Gasteiger partial charge in [-0.25, -0.2) is 13.2 Å². The number of anilines is 1. The highest BCUT2D eigenvalue weighted by atomic mass is 35.5. The van der Waals surface area contributed by atoms with Crippen molar-refractivity contribution in [2.24, 2.45) is 11.8 Å². The summed E-state index contributed by atoms with van der Waals surface area (Å²) in [7, 11) is -4.15. The lowest BCUT2D eigenvalue weighted by atomic mass is 9.98. The lowest BCUT2D eigenvalue weighted by Gasteiger charge is -2.32. The van der Waals surface area contributed by atoms with Crippen LogP contribution in [0.15, 0.2) is 88.7 Å². The van der Waals surface area contributed by atoms with Crippen molar-refractivity contribution >= 4 is 33.2 Å². The Labute approximate surface area is 297 Å². The molecule has 5 N–H and O–H groups in total. The van der Waals surface area contributed by atoms with Gasteiger partial charge in [0.1, 0.15) is 6.04 Å². The van der Waals surface area contributed by atoms with Crippen LogP contribution in [0, 0.1) is 23.2 Å². The van der Waals surface area contributed by atoms with E-state index in [1.54, 1.807) is 38.1 Å². The van der Waals surface area contributed by atoms with Gasteiger partial charge in [-0.1, -0.05) is 87.8 Å². The highest BCUT2D eigenvalue weighted by Crippen LogP contribution is 2.26. The van der Waals surface area contributed by atoms with Crippen LogP contribution in [0.25, 0.3) is 0 Å². The number of aliphatic hydroxyl groups excluding tert-OH is 1. The second-order valence-electron chi connectivity index (χ2n) is 13.0. The number of carbonyl (C=O) groups is 1. The molecule has 1 aromatic heterocycles. The summed E-state index contributed by atoms with van der Waals surface area (Å²) in [6.45, 7) is 6.80. The maximum atomic E-state index is 14.1. The molecule has 0 unspecified atom stereocenters. The van der Waals surface area contributed by atoms with E-state index in [1.165, 1.54) is 24.4 Å². The van der Waals surface area contributed by atoms with Gasteiger partial charge in [0, 0.05) is 13.1 Å². The zero-order chi connectivity index (χ0) is 36.7. The SMILES string of the molecule is CC(C)CN(C[C@@H](O)[C@H](Cc1ccccc1)NC(=O)[C@H](C(C)C)n1cc(O)n(Cc2ccccc2C#N)c1=O)S(=O)(=O)c1ccc(Cl)c(N)c1. The predicted molar refractivity (Wildman–Crippen MR) is 192 cm³/mol. The number of hydrogen-bond acceptors (Lipinski definition) is 8. The van der Waals surface area contributed by atoms with Crippen LogP contribution in [0.1, 0.15) is 50.4 Å². The Kier molecular flexibility index (Phi) is 12.5. The zero-order valence-corrected chi connectivity index (χ0v) is 30.0. The largest absolute Gasteiger partial charge is 0.493 e. The molecule has 1 heterocycles. The molecule has 50 heavy (non-hydrogen) atoms. The number of aromatic hydroxyl groups is 1. The number of nitrogens with zero attached hydrogens (tertiary/aromatic N) is 4. The van der Waals surface area contributed by atoms with E-state index in [4.69, 9.17) is 17.3 Å². The van der Waals surface area contributed by atoms with Gasteiger partial charge >= 0.3 is 5.69 Å². The number of carbonyl (C=O) groups excluding carboxylic acids is 1. The summed E-state index contributed by atoms with van der Waals surface area (Å²) < 4.78 is 31.1. The quantitative estimate of drug-likeness (QED) is 0.132. The number of sulfonamides is 1. The summed E-state index contributed by atoms with van der Waals surface area (Å²) in [6, 6.07) is 19.8. The third-order valence-corrected chi connectivity index (χ3v) is 10.5. The van der Waals surface area contributed by atoms with Gasteiger partial charge < -0.3 is 21.3 Å². The number of rotatable bonds is 15. The number of nitrogens with one attached hydrogen (secondary N) is 1. The molecule has 0 aliphatic rings. The Bertz CT molecular complexity index is 2010. The van der Waals surface area contributed by atoms with Crippen LogP contribution in [-0.4, -0.2) is 63.2 Å². The third-order valence-electron chi connectivity index (χ3n) is 8.30. The molecule has 0 aliphatic heterocycles. The van der Waals surface area contributed by atoms with Crippen molar-refractivity contribution in [3.8, 4) is 11.9 Å². The number of imidazole rings is 1. The molecule has 0 aliphatic carbocycles. The lowest BCUT2D eigenvalue weighted by Crippen LogP contribution is -2.53. The van der Waals surface area contributed by atoms with Crippen molar-refractivity contribution in [1.82, 2.24) is 18.8 Å². The van der Waals surface area contributed by atoms with Gasteiger partial charge in [0.2, 0.25) is 21.8 Å². The van der Waals surface area contributed by atoms with Crippen LogP contribution < -0.4 is 16.7 Å². The number of nitrogens with two attached hydrogens (primary N) is 1. The zero-order valence-electron chi connectivity index (χ0n) is 28.4. The van der Waals surface area contributed by atoms with Crippen LogP contribution >= 0.6 is 11.6 Å². The van der Waals surface area contributed by atoms with Gasteiger partial charge in [-0.2, -0.15) is 9.57 Å². The van der Waals surface area contributed by atoms with E-state index >= 15 is 0 Å². The van der Waals surface area contributed by atoms with E-state index in [2.05, 4.69) is 11.4 Å². The Hall–Kier alpha value is -4.61. The molecule has 14 heteroatoms. The normalized spacial score (nSPS) is 13.7. The van der Waals surface area contributed by atoms with Gasteiger partial charge in [-0.05, 0) is 53.6 Å². The Morgan fingerprint density at radius 2 is 1.70 bits per heavy atom. The van der Waals surface area contributed by atoms with E-state index < -0.39 is 45.7 Å². The van der Waals surface area contributed by atoms with Crippen LogP contribution in [0.4, 0.5) is 5.69 Å². The number of nitriles is 1. The highest BCUT2D eigenvalue weighted by Gasteiger charge is 2.34. The first kappa shape index (κ1) is 38.2. The average Bonchev–Trinajstić information content (AvgIpc) is 3.33. The number of amides is 1. The van der Waals surface area contributed by atoms with Crippen LogP contribution in [0.2, 0.25) is 5.02 Å². The first-order chi connectivity index (χ1) is 23.6. The minimum atomic E-state index is -4.15. The number of aliphatic hydroxyl groups is 1. The molecule has 3 atom stereocenters. The maximum Gasteiger partial charge on any atom is 0.332 e. The van der Waals surface area contributed by atoms with Gasteiger partial charge in [0.15, 0.2) is 0 Å². The third kappa shape index (κ3) is 8.94. The first-order valence-electron chi connectivity index (χ1n) is 16.2. The van der Waals surface area contributed by atoms with Gasteiger partial charge in [0.05, 0.1) is 52.1 Å². The summed E-state index contributed by atoms with van der Waals surface area (Å²) in [6.07, 6.45) is -0.0602. The summed E-state index contributed by atoms with van der Waals surface area (Å²) in [5.41, 5.74) is 6.98. The molecular weight excluding hydrogens is 680 g/mol. The lowest BCUT2D eigenvalue weighted by molar-refractivity contribution is -0.127. The molecule has 0 bridgehead atoms. The summed E-state index contributed by atoms with van der Waals surface area (Å²) in [4.78, 5) is 27.7. The van der Waals surface area contributed by atoms with Gasteiger partial charge in [-0.15, -0.1) is 0 Å². The van der Waals surface area contributed by atoms with E-state index in [1.807, 2.05) is 44.2 Å². The molecule has 0 saturated heterocycles. The number of hydrogen-bond donors (Lipinski definition) is 4. The van der Waals surface area contributed by atoms with Crippen LogP contribution in [0.3, 0.4) is 0 Å². The number of nitrogen functional groups attached to an aromatic ring is 1. The minimum Gasteiger partial charge on any atom is -0.493 e. The second kappa shape index (κ2) is 16.4. The van der Waals surface area contributed by atoms with Crippen molar-refractivity contribution in [3.05, 3.63) is 111 Å². The number of aromatic nitrogens is 2. The molecule has 12 nitrogen and oxygen atoms in total. The fourth-order valence-corrected chi connectivity index (χ4v) is 7.56. The smallest absolute Gasteiger partial charge is 0.332 e. The summed E-state index contributed by atoms with van der Waals surface area (Å²) in [5, 5.41) is 35.1. The minimum absolute atomic E-state index is 0.0691. The molecule has 1 amide bonds. The maximum absolute atomic E-state index is 14.1. The molecule has 4 aromatic rings. The predicted octanol–water partition coefficient (Wildman–Crippen LogP) is 4.14. The van der Waals surface area contributed by atoms with Crippen LogP contribution in [0.5, 0.6) is 5.88 Å².